The summed E-state index contributed by atoms with van der Waals surface area (Å²) in [6.45, 7) is 9.46. The molecule has 2 aromatic heterocycles. The van der Waals surface area contributed by atoms with Crippen LogP contribution >= 0.6 is 0 Å². The molecule has 0 bridgehead atoms. The van der Waals surface area contributed by atoms with Gasteiger partial charge < -0.3 is 30.8 Å². The zero-order valence-electron chi connectivity index (χ0n) is 36.5. The lowest BCUT2D eigenvalue weighted by molar-refractivity contribution is -0.0228. The molecule has 4 heterocycles. The third kappa shape index (κ3) is 8.86. The Balaban J connectivity index is 0.897. The van der Waals surface area contributed by atoms with Crippen molar-refractivity contribution in [3.8, 4) is 11.5 Å². The molecule has 5 aromatic rings. The van der Waals surface area contributed by atoms with Crippen molar-refractivity contribution < 1.29 is 27.4 Å². The Morgan fingerprint density at radius 1 is 1.02 bits per heavy atom. The number of amides is 1. The molecule has 2 saturated carbocycles. The van der Waals surface area contributed by atoms with Crippen LogP contribution in [-0.2, 0) is 10.0 Å². The number of benzene rings is 3. The minimum absolute atomic E-state index is 0.193. The molecule has 63 heavy (non-hydrogen) atoms. The van der Waals surface area contributed by atoms with Crippen LogP contribution in [0.25, 0.3) is 11.0 Å². The van der Waals surface area contributed by atoms with Gasteiger partial charge in [-0.05, 0) is 149 Å². The topological polar surface area (TPSA) is 166 Å². The lowest BCUT2D eigenvalue weighted by atomic mass is 9.59. The van der Waals surface area contributed by atoms with Gasteiger partial charge in [-0.2, -0.15) is 0 Å². The first-order valence-electron chi connectivity index (χ1n) is 22.6. The Kier molecular flexibility index (Phi) is 11.7. The molecular formula is C49H60FN7O5S. The molecule has 2 saturated heterocycles. The van der Waals surface area contributed by atoms with Crippen LogP contribution in [0.1, 0.15) is 118 Å². The summed E-state index contributed by atoms with van der Waals surface area (Å²) in [4.78, 5) is 25.9. The van der Waals surface area contributed by atoms with Crippen molar-refractivity contribution in [2.24, 2.45) is 11.3 Å². The number of nitrogen functional groups attached to an aromatic ring is 1. The Bertz CT molecular complexity index is 2590. The van der Waals surface area contributed by atoms with E-state index in [1.165, 1.54) is 48.4 Å². The molecule has 6 N–H and O–H groups in total. The fourth-order valence-electron chi connectivity index (χ4n) is 10.7. The van der Waals surface area contributed by atoms with Gasteiger partial charge in [0.2, 0.25) is 0 Å². The van der Waals surface area contributed by atoms with Gasteiger partial charge in [-0.25, -0.2) is 22.5 Å². The summed E-state index contributed by atoms with van der Waals surface area (Å²) in [6, 6.07) is 20.6. The van der Waals surface area contributed by atoms with Gasteiger partial charge in [0, 0.05) is 43.3 Å². The van der Waals surface area contributed by atoms with Gasteiger partial charge in [-0.3, -0.25) is 9.69 Å². The maximum atomic E-state index is 17.0. The molecule has 9 rings (SSSR count). The van der Waals surface area contributed by atoms with Gasteiger partial charge in [0.1, 0.15) is 11.4 Å². The smallest absolute Gasteiger partial charge is 0.268 e. The SMILES string of the molecule is CC(C)c1ccccc1[C@@H]1CCCN1C1CC2(CCN(c3ccc(C(=O)NS(=O)(=O)c4ccc(NCC5CCC(C)(O)CC5)c(N)c4)c(Oc4cnc5[nH]ccc5c4)c3F)CC2)C1. The maximum Gasteiger partial charge on any atom is 0.268 e. The number of carbonyl (C=O) groups excluding carboxylic acids is 1. The number of nitrogens with one attached hydrogen (secondary N) is 3. The van der Waals surface area contributed by atoms with E-state index in [-0.39, 0.29) is 33.1 Å². The molecule has 1 atom stereocenters. The molecule has 2 aliphatic carbocycles. The molecule has 3 aromatic carbocycles. The van der Waals surface area contributed by atoms with Crippen LogP contribution < -0.4 is 25.4 Å². The van der Waals surface area contributed by atoms with E-state index in [4.69, 9.17) is 10.5 Å². The maximum absolute atomic E-state index is 17.0. The number of likely N-dealkylation sites (tertiary alicyclic amines) is 1. The largest absolute Gasteiger partial charge is 0.452 e. The Morgan fingerprint density at radius 3 is 2.52 bits per heavy atom. The summed E-state index contributed by atoms with van der Waals surface area (Å²) < 4.78 is 52.6. The second-order valence-corrected chi connectivity index (χ2v) is 20.9. The molecule has 12 nitrogen and oxygen atoms in total. The monoisotopic (exact) mass is 877 g/mol. The molecule has 0 radical (unpaired) electrons. The van der Waals surface area contributed by atoms with E-state index in [0.29, 0.717) is 60.6 Å². The van der Waals surface area contributed by atoms with E-state index in [1.54, 1.807) is 30.5 Å². The third-order valence-electron chi connectivity index (χ3n) is 14.5. The summed E-state index contributed by atoms with van der Waals surface area (Å²) >= 11 is 0. The average Bonchev–Trinajstić information content (AvgIpc) is 3.93. The van der Waals surface area contributed by atoms with Crippen molar-refractivity contribution in [3.63, 3.8) is 0 Å². The highest BCUT2D eigenvalue weighted by Crippen LogP contribution is 2.54. The fraction of sp³-hybridized carbons (Fsp3) is 0.469. The molecule has 1 spiro atoms. The minimum atomic E-state index is -4.44. The number of aromatic nitrogens is 2. The van der Waals surface area contributed by atoms with Gasteiger partial charge in [0.15, 0.2) is 11.6 Å². The van der Waals surface area contributed by atoms with E-state index in [1.807, 2.05) is 11.8 Å². The number of halogens is 1. The number of anilines is 3. The van der Waals surface area contributed by atoms with Crippen molar-refractivity contribution in [2.75, 3.05) is 42.1 Å². The molecule has 334 valence electrons. The number of pyridine rings is 1. The number of hydrogen-bond donors (Lipinski definition) is 5. The molecular weight excluding hydrogens is 818 g/mol. The van der Waals surface area contributed by atoms with Gasteiger partial charge >= 0.3 is 0 Å². The highest BCUT2D eigenvalue weighted by molar-refractivity contribution is 7.90. The van der Waals surface area contributed by atoms with Gasteiger partial charge in [-0.15, -0.1) is 0 Å². The Morgan fingerprint density at radius 2 is 1.78 bits per heavy atom. The number of aromatic amines is 1. The van der Waals surface area contributed by atoms with Crippen molar-refractivity contribution in [3.05, 3.63) is 102 Å². The van der Waals surface area contributed by atoms with Crippen LogP contribution in [0.4, 0.5) is 21.5 Å². The predicted molar refractivity (Wildman–Crippen MR) is 245 cm³/mol. The molecule has 4 aliphatic rings. The van der Waals surface area contributed by atoms with Crippen LogP contribution in [0, 0.1) is 17.2 Å². The van der Waals surface area contributed by atoms with E-state index in [9.17, 15) is 18.3 Å². The zero-order valence-corrected chi connectivity index (χ0v) is 37.3. The standard InChI is InChI=1S/C49H60FN7O5S/c1-31(2)37-7-4-5-8-38(37)42-9-6-22-57(42)34-27-49(28-34)19-23-56(24-20-49)43-13-11-39(45(44(43)50)62-35-25-33-16-21-52-46(33)54-30-35)47(58)55-63(60,61)36-10-12-41(40(51)26-36)53-29-32-14-17-48(3,59)18-15-32/h4-5,7-8,10-13,16,21,25-26,30-32,34,42,53,59H,6,9,14-15,17-20,22-24,27-29,51H2,1-3H3,(H,52,54)(H,55,58)/t32?,42-,48?/m0/s1. The average molecular weight is 878 g/mol. The van der Waals surface area contributed by atoms with Crippen molar-refractivity contribution in [1.82, 2.24) is 19.6 Å². The first-order valence-corrected chi connectivity index (χ1v) is 24.1. The molecule has 0 unspecified atom stereocenters. The van der Waals surface area contributed by atoms with E-state index < -0.39 is 27.3 Å². The number of fused-ring (bicyclic) bond motifs is 1. The second kappa shape index (κ2) is 17.1. The highest BCUT2D eigenvalue weighted by Gasteiger charge is 2.50. The van der Waals surface area contributed by atoms with Crippen LogP contribution in [0.5, 0.6) is 11.5 Å². The number of piperidine rings is 1. The van der Waals surface area contributed by atoms with E-state index in [2.05, 4.69) is 63.0 Å². The lowest BCUT2D eigenvalue weighted by Crippen LogP contribution is -2.55. The van der Waals surface area contributed by atoms with E-state index in [0.717, 1.165) is 63.3 Å². The number of ether oxygens (including phenoxy) is 1. The van der Waals surface area contributed by atoms with E-state index >= 15 is 4.39 Å². The van der Waals surface area contributed by atoms with Crippen LogP contribution in [0.2, 0.25) is 0 Å². The number of H-pyrrole nitrogens is 1. The molecule has 1 amide bonds. The Labute approximate surface area is 369 Å². The number of carbonyl (C=O) groups is 1. The lowest BCUT2D eigenvalue weighted by Gasteiger charge is -2.56. The third-order valence-corrected chi connectivity index (χ3v) is 15.8. The number of hydrogen-bond acceptors (Lipinski definition) is 10. The molecule has 4 fully saturated rings. The summed E-state index contributed by atoms with van der Waals surface area (Å²) in [7, 11) is -4.44. The summed E-state index contributed by atoms with van der Waals surface area (Å²) in [6.07, 6.45) is 12.9. The number of nitrogens with two attached hydrogens (primary N) is 1. The van der Waals surface area contributed by atoms with Crippen molar-refractivity contribution >= 4 is 44.0 Å². The number of rotatable bonds is 12. The van der Waals surface area contributed by atoms with Crippen LogP contribution in [0.3, 0.4) is 0 Å². The summed E-state index contributed by atoms with van der Waals surface area (Å²) in [5.74, 6) is -1.15. The summed E-state index contributed by atoms with van der Waals surface area (Å²) in [5, 5.41) is 14.3. The van der Waals surface area contributed by atoms with Crippen molar-refractivity contribution in [1.29, 1.82) is 0 Å². The van der Waals surface area contributed by atoms with Crippen LogP contribution in [-0.4, -0.2) is 72.1 Å². The number of aliphatic hydroxyl groups is 1. The Hall–Kier alpha value is -5.18. The number of sulfonamides is 1. The van der Waals surface area contributed by atoms with Crippen molar-refractivity contribution in [2.45, 2.75) is 113 Å². The second-order valence-electron chi connectivity index (χ2n) is 19.2. The quantitative estimate of drug-likeness (QED) is 0.0763. The first kappa shape index (κ1) is 43.1. The highest BCUT2D eigenvalue weighted by atomic mass is 32.2. The zero-order chi connectivity index (χ0) is 44.1. The summed E-state index contributed by atoms with van der Waals surface area (Å²) in [5.41, 5.74) is 10.2. The number of nitrogens with zero attached hydrogens (tertiary/aromatic N) is 3. The fourth-order valence-corrected chi connectivity index (χ4v) is 11.7. The predicted octanol–water partition coefficient (Wildman–Crippen LogP) is 9.26. The first-order chi connectivity index (χ1) is 30.2. The van der Waals surface area contributed by atoms with Gasteiger partial charge in [0.25, 0.3) is 15.9 Å². The van der Waals surface area contributed by atoms with Gasteiger partial charge in [0.05, 0.1) is 39.3 Å². The van der Waals surface area contributed by atoms with Gasteiger partial charge in [-0.1, -0.05) is 38.1 Å². The molecule has 14 heteroatoms. The normalized spacial score (nSPS) is 23.0. The minimum Gasteiger partial charge on any atom is -0.452 e. The van der Waals surface area contributed by atoms with Crippen LogP contribution in [0.15, 0.2) is 84.0 Å². The molecule has 2 aliphatic heterocycles.